The Hall–Kier alpha value is -4.98. The van der Waals surface area contributed by atoms with Gasteiger partial charge in [-0.15, -0.1) is 0 Å². The van der Waals surface area contributed by atoms with E-state index in [1.807, 2.05) is 64.1 Å². The van der Waals surface area contributed by atoms with Crippen molar-refractivity contribution in [2.75, 3.05) is 6.61 Å². The van der Waals surface area contributed by atoms with Gasteiger partial charge in [0.15, 0.2) is 6.04 Å². The lowest BCUT2D eigenvalue weighted by atomic mass is 9.99. The maximum absolute atomic E-state index is 14.1. The number of ether oxygens (including phenoxy) is 2. The molecule has 2 aromatic carbocycles. The van der Waals surface area contributed by atoms with Crippen molar-refractivity contribution < 1.29 is 43.3 Å². The number of hydrogen-bond acceptors (Lipinski definition) is 8. The lowest BCUT2D eigenvalue weighted by Crippen LogP contribution is -2.60. The van der Waals surface area contributed by atoms with Crippen molar-refractivity contribution >= 4 is 35.7 Å². The molecule has 14 heteroatoms. The van der Waals surface area contributed by atoms with Crippen LogP contribution in [0.15, 0.2) is 60.7 Å². The van der Waals surface area contributed by atoms with E-state index in [-0.39, 0.29) is 44.1 Å². The van der Waals surface area contributed by atoms with Crippen molar-refractivity contribution in [2.45, 2.75) is 136 Å². The van der Waals surface area contributed by atoms with Crippen LogP contribution >= 0.6 is 0 Å². The van der Waals surface area contributed by atoms with Gasteiger partial charge in [-0.05, 0) is 77.3 Å². The number of carboxylic acid groups (broad SMARTS) is 1. The summed E-state index contributed by atoms with van der Waals surface area (Å²) in [7, 11) is 0. The number of benzene rings is 2. The van der Waals surface area contributed by atoms with Crippen LogP contribution in [0.5, 0.6) is 0 Å². The Morgan fingerprint density at radius 3 is 1.25 bits per heavy atom. The lowest BCUT2D eigenvalue weighted by Gasteiger charge is -2.28. The monoisotopic (exact) mass is 781 g/mol. The predicted molar refractivity (Wildman–Crippen MR) is 213 cm³/mol. The van der Waals surface area contributed by atoms with Gasteiger partial charge < -0.3 is 41.2 Å². The molecular weight excluding hydrogens is 718 g/mol. The number of amides is 5. The summed E-state index contributed by atoms with van der Waals surface area (Å²) in [5.74, 6) is -4.10. The van der Waals surface area contributed by atoms with E-state index >= 15 is 0 Å². The standard InChI is InChI=1S/C42H63N5O9/c1-26(2)21-30(44-38(51)33(24-29-19-15-12-16-20-29)47-40(54)56-42(8,9)10)35(48)45-32(23-28-17-13-11-14-18-28)37(50)43-31(22-27(3)4)36(49)46-34(39(52)53)25-55-41(5,6)7/h11-20,26-27,30-34H,21-25H2,1-10H3,(H,43,50)(H,44,51)(H,45,48)(H,46,49)(H,47,54)(H,52,53)/t30-,31-,32+,33+,34+/m1/s1. The number of aliphatic carboxylic acids is 1. The first-order valence-corrected chi connectivity index (χ1v) is 19.2. The maximum Gasteiger partial charge on any atom is 0.408 e. The molecule has 5 amide bonds. The van der Waals surface area contributed by atoms with E-state index < -0.39 is 77.1 Å². The largest absolute Gasteiger partial charge is 0.480 e. The van der Waals surface area contributed by atoms with Gasteiger partial charge in [-0.2, -0.15) is 0 Å². The third-order valence-electron chi connectivity index (χ3n) is 8.18. The second-order valence-electron chi connectivity index (χ2n) is 16.8. The zero-order valence-electron chi connectivity index (χ0n) is 34.6. The van der Waals surface area contributed by atoms with Gasteiger partial charge in [0.05, 0.1) is 12.2 Å². The highest BCUT2D eigenvalue weighted by atomic mass is 16.6. The van der Waals surface area contributed by atoms with Crippen LogP contribution in [0.4, 0.5) is 4.79 Å². The van der Waals surface area contributed by atoms with E-state index in [1.165, 1.54) is 0 Å². The number of hydrogen-bond donors (Lipinski definition) is 6. The van der Waals surface area contributed by atoms with Crippen LogP contribution in [-0.2, 0) is 46.3 Å². The summed E-state index contributed by atoms with van der Waals surface area (Å²) in [6.45, 7) is 17.6. The quantitative estimate of drug-likeness (QED) is 0.113. The molecule has 5 atom stereocenters. The van der Waals surface area contributed by atoms with E-state index in [1.54, 1.807) is 65.8 Å². The van der Waals surface area contributed by atoms with Crippen LogP contribution in [-0.4, -0.2) is 88.8 Å². The van der Waals surface area contributed by atoms with Crippen molar-refractivity contribution in [1.29, 1.82) is 0 Å². The minimum Gasteiger partial charge on any atom is -0.480 e. The van der Waals surface area contributed by atoms with Crippen LogP contribution in [0.3, 0.4) is 0 Å². The Balaban J connectivity index is 2.39. The van der Waals surface area contributed by atoms with Gasteiger partial charge in [0.2, 0.25) is 23.6 Å². The third-order valence-corrected chi connectivity index (χ3v) is 8.18. The number of rotatable bonds is 20. The number of alkyl carbamates (subject to hydrolysis) is 1. The number of carbonyl (C=O) groups is 6. The molecule has 56 heavy (non-hydrogen) atoms. The Morgan fingerprint density at radius 1 is 0.536 bits per heavy atom. The number of carbonyl (C=O) groups excluding carboxylic acids is 5. The molecule has 0 aliphatic rings. The third kappa shape index (κ3) is 18.6. The van der Waals surface area contributed by atoms with E-state index in [9.17, 15) is 33.9 Å². The molecule has 0 saturated heterocycles. The topological polar surface area (TPSA) is 201 Å². The highest BCUT2D eigenvalue weighted by Gasteiger charge is 2.34. The summed E-state index contributed by atoms with van der Waals surface area (Å²) < 4.78 is 11.0. The van der Waals surface area contributed by atoms with Crippen LogP contribution in [0, 0.1) is 11.8 Å². The molecule has 0 radical (unpaired) electrons. The summed E-state index contributed by atoms with van der Waals surface area (Å²) in [5.41, 5.74) is 0.0123. The molecule has 0 aromatic heterocycles. The van der Waals surface area contributed by atoms with Crippen molar-refractivity contribution in [3.63, 3.8) is 0 Å². The maximum atomic E-state index is 14.1. The molecule has 14 nitrogen and oxygen atoms in total. The van der Waals surface area contributed by atoms with Gasteiger partial charge in [0.25, 0.3) is 0 Å². The molecule has 0 fully saturated rings. The zero-order chi connectivity index (χ0) is 42.2. The molecular formula is C42H63N5O9. The molecule has 0 spiro atoms. The summed E-state index contributed by atoms with van der Waals surface area (Å²) >= 11 is 0. The van der Waals surface area contributed by atoms with Crippen LogP contribution in [0.2, 0.25) is 0 Å². The Kier molecular flexibility index (Phi) is 18.5. The lowest BCUT2D eigenvalue weighted by molar-refractivity contribution is -0.146. The first kappa shape index (κ1) is 47.2. The van der Waals surface area contributed by atoms with Crippen molar-refractivity contribution in [3.05, 3.63) is 71.8 Å². The fraction of sp³-hybridized carbons (Fsp3) is 0.571. The number of nitrogens with one attached hydrogen (secondary N) is 5. The molecule has 0 heterocycles. The highest BCUT2D eigenvalue weighted by Crippen LogP contribution is 2.14. The van der Waals surface area contributed by atoms with Crippen LogP contribution < -0.4 is 26.6 Å². The molecule has 0 bridgehead atoms. The fourth-order valence-electron chi connectivity index (χ4n) is 5.57. The minimum absolute atomic E-state index is 0.0464. The number of carboxylic acids is 1. The van der Waals surface area contributed by atoms with Gasteiger partial charge in [-0.1, -0.05) is 88.4 Å². The Morgan fingerprint density at radius 2 is 0.893 bits per heavy atom. The normalized spacial score (nSPS) is 14.4. The summed E-state index contributed by atoms with van der Waals surface area (Å²) in [4.78, 5) is 80.4. The van der Waals surface area contributed by atoms with Crippen molar-refractivity contribution in [2.24, 2.45) is 11.8 Å². The Bertz CT molecular complexity index is 1590. The van der Waals surface area contributed by atoms with Gasteiger partial charge >= 0.3 is 12.1 Å². The van der Waals surface area contributed by atoms with Crippen LogP contribution in [0.1, 0.15) is 93.2 Å². The smallest absolute Gasteiger partial charge is 0.408 e. The average Bonchev–Trinajstić information content (AvgIpc) is 3.07. The van der Waals surface area contributed by atoms with Gasteiger partial charge in [-0.25, -0.2) is 9.59 Å². The molecule has 0 aliphatic heterocycles. The van der Waals surface area contributed by atoms with Crippen molar-refractivity contribution in [3.8, 4) is 0 Å². The minimum atomic E-state index is -1.37. The van der Waals surface area contributed by atoms with E-state index in [4.69, 9.17) is 9.47 Å². The van der Waals surface area contributed by atoms with Gasteiger partial charge in [0, 0.05) is 12.8 Å². The fourth-order valence-corrected chi connectivity index (χ4v) is 5.57. The van der Waals surface area contributed by atoms with E-state index in [0.717, 1.165) is 11.1 Å². The first-order valence-electron chi connectivity index (χ1n) is 19.2. The second kappa shape index (κ2) is 21.9. The SMILES string of the molecule is CC(C)C[C@@H](NC(=O)[C@H](Cc1ccccc1)NC(=O)[C@@H](CC(C)C)NC(=O)[C@H](Cc1ccccc1)NC(=O)OC(C)(C)C)C(=O)N[C@@H](COC(C)(C)C)C(=O)O. The van der Waals surface area contributed by atoms with E-state index in [2.05, 4.69) is 26.6 Å². The molecule has 6 N–H and O–H groups in total. The Labute approximate surface area is 331 Å². The van der Waals surface area contributed by atoms with Gasteiger partial charge in [-0.3, -0.25) is 19.2 Å². The second-order valence-corrected chi connectivity index (χ2v) is 16.8. The summed E-state index contributed by atoms with van der Waals surface area (Å²) in [5, 5.41) is 23.3. The van der Waals surface area contributed by atoms with Crippen LogP contribution in [0.25, 0.3) is 0 Å². The summed E-state index contributed by atoms with van der Waals surface area (Å²) in [6.07, 6.45) is -0.256. The molecule has 0 saturated carbocycles. The zero-order valence-corrected chi connectivity index (χ0v) is 34.6. The summed E-state index contributed by atoms with van der Waals surface area (Å²) in [6, 6.07) is 12.1. The molecule has 0 unspecified atom stereocenters. The first-order chi connectivity index (χ1) is 26.0. The van der Waals surface area contributed by atoms with Crippen molar-refractivity contribution in [1.82, 2.24) is 26.6 Å². The molecule has 2 rings (SSSR count). The molecule has 310 valence electrons. The van der Waals surface area contributed by atoms with E-state index in [0.29, 0.717) is 0 Å². The predicted octanol–water partition coefficient (Wildman–Crippen LogP) is 4.30. The molecule has 2 aromatic rings. The average molecular weight is 782 g/mol. The molecule has 0 aliphatic carbocycles. The van der Waals surface area contributed by atoms with Gasteiger partial charge in [0.1, 0.15) is 29.8 Å². The highest BCUT2D eigenvalue weighted by molar-refractivity contribution is 5.96.